The van der Waals surface area contributed by atoms with Gasteiger partial charge in [-0.25, -0.2) is 9.97 Å². The van der Waals surface area contributed by atoms with E-state index in [1.54, 1.807) is 11.3 Å². The summed E-state index contributed by atoms with van der Waals surface area (Å²) in [5, 5.41) is 2.06. The quantitative estimate of drug-likeness (QED) is 0.731. The van der Waals surface area contributed by atoms with E-state index in [1.165, 1.54) is 0 Å². The van der Waals surface area contributed by atoms with E-state index in [4.69, 9.17) is 4.42 Å². The molecule has 0 saturated heterocycles. The summed E-state index contributed by atoms with van der Waals surface area (Å²) < 4.78 is 5.61. The van der Waals surface area contributed by atoms with Crippen LogP contribution in [0.1, 0.15) is 10.9 Å². The molecule has 0 saturated carbocycles. The number of oxazole rings is 1. The Balaban J connectivity index is 1.84. The van der Waals surface area contributed by atoms with Gasteiger partial charge in [-0.3, -0.25) is 0 Å². The lowest BCUT2D eigenvalue weighted by atomic mass is 10.3. The van der Waals surface area contributed by atoms with Crippen LogP contribution in [0.25, 0.3) is 23.3 Å². The van der Waals surface area contributed by atoms with Gasteiger partial charge in [-0.2, -0.15) is 0 Å². The summed E-state index contributed by atoms with van der Waals surface area (Å²) in [6, 6.07) is 7.73. The van der Waals surface area contributed by atoms with Crippen LogP contribution in [0.4, 0.5) is 5.00 Å². The zero-order valence-electron chi connectivity index (χ0n) is 10.7. The van der Waals surface area contributed by atoms with Crippen molar-refractivity contribution in [1.29, 1.82) is 0 Å². The Morgan fingerprint density at radius 1 is 1.21 bits per heavy atom. The number of nitrogens with zero attached hydrogens (tertiary/aromatic N) is 3. The third-order valence-electron chi connectivity index (χ3n) is 2.63. The third kappa shape index (κ3) is 2.51. The molecule has 0 radical (unpaired) electrons. The van der Waals surface area contributed by atoms with E-state index in [-0.39, 0.29) is 0 Å². The molecule has 2 aromatic heterocycles. The minimum Gasteiger partial charge on any atom is -0.437 e. The van der Waals surface area contributed by atoms with Crippen LogP contribution in [0.15, 0.2) is 34.9 Å². The SMILES string of the molecule is CN(C)c1cnc(/C=C/c2nc3ccccc3o2)s1. The van der Waals surface area contributed by atoms with Crippen molar-refractivity contribution in [3.8, 4) is 0 Å². The first-order valence-electron chi connectivity index (χ1n) is 5.89. The van der Waals surface area contributed by atoms with E-state index >= 15 is 0 Å². The van der Waals surface area contributed by atoms with Gasteiger partial charge in [0, 0.05) is 20.2 Å². The fraction of sp³-hybridized carbons (Fsp3) is 0.143. The molecule has 2 heterocycles. The lowest BCUT2D eigenvalue weighted by Crippen LogP contribution is -2.05. The van der Waals surface area contributed by atoms with Gasteiger partial charge in [0.25, 0.3) is 0 Å². The number of thiazole rings is 1. The molecule has 3 rings (SSSR count). The standard InChI is InChI=1S/C14H13N3OS/c1-17(2)14-9-15-13(19-14)8-7-12-16-10-5-3-4-6-11(10)18-12/h3-9H,1-2H3/b8-7+. The van der Waals surface area contributed by atoms with Gasteiger partial charge in [-0.15, -0.1) is 0 Å². The van der Waals surface area contributed by atoms with Crippen molar-refractivity contribution >= 4 is 39.6 Å². The second-order valence-electron chi connectivity index (χ2n) is 4.28. The van der Waals surface area contributed by atoms with Gasteiger partial charge in [0.15, 0.2) is 5.58 Å². The lowest BCUT2D eigenvalue weighted by molar-refractivity contribution is 0.589. The minimum absolute atomic E-state index is 0.600. The molecule has 19 heavy (non-hydrogen) atoms. The van der Waals surface area contributed by atoms with Crippen LogP contribution in [0.3, 0.4) is 0 Å². The summed E-state index contributed by atoms with van der Waals surface area (Å²) >= 11 is 1.63. The van der Waals surface area contributed by atoms with Gasteiger partial charge in [-0.05, 0) is 18.2 Å². The molecule has 0 spiro atoms. The van der Waals surface area contributed by atoms with Crippen molar-refractivity contribution in [2.75, 3.05) is 19.0 Å². The highest BCUT2D eigenvalue weighted by Crippen LogP contribution is 2.23. The minimum atomic E-state index is 0.600. The first-order valence-corrected chi connectivity index (χ1v) is 6.71. The molecule has 1 aromatic carbocycles. The van der Waals surface area contributed by atoms with E-state index in [0.717, 1.165) is 21.1 Å². The molecule has 0 atom stereocenters. The summed E-state index contributed by atoms with van der Waals surface area (Å²) in [7, 11) is 4.00. The first kappa shape index (κ1) is 11.9. The number of aromatic nitrogens is 2. The molecule has 0 bridgehead atoms. The van der Waals surface area contributed by atoms with E-state index in [2.05, 4.69) is 9.97 Å². The topological polar surface area (TPSA) is 42.2 Å². The maximum Gasteiger partial charge on any atom is 0.220 e. The fourth-order valence-electron chi connectivity index (χ4n) is 1.67. The van der Waals surface area contributed by atoms with Crippen molar-refractivity contribution < 1.29 is 4.42 Å². The molecule has 0 aliphatic rings. The molecule has 3 aromatic rings. The van der Waals surface area contributed by atoms with Crippen LogP contribution >= 0.6 is 11.3 Å². The summed E-state index contributed by atoms with van der Waals surface area (Å²) in [5.74, 6) is 0.600. The second kappa shape index (κ2) is 4.85. The Morgan fingerprint density at radius 3 is 2.79 bits per heavy atom. The largest absolute Gasteiger partial charge is 0.437 e. The predicted molar refractivity (Wildman–Crippen MR) is 79.4 cm³/mol. The maximum atomic E-state index is 5.61. The van der Waals surface area contributed by atoms with E-state index in [0.29, 0.717) is 5.89 Å². The Bertz CT molecular complexity index is 694. The number of hydrogen-bond donors (Lipinski definition) is 0. The summed E-state index contributed by atoms with van der Waals surface area (Å²) in [4.78, 5) is 10.7. The molecular weight excluding hydrogens is 258 g/mol. The van der Waals surface area contributed by atoms with Crippen molar-refractivity contribution in [2.24, 2.45) is 0 Å². The molecule has 0 fully saturated rings. The van der Waals surface area contributed by atoms with E-state index < -0.39 is 0 Å². The monoisotopic (exact) mass is 271 g/mol. The highest BCUT2D eigenvalue weighted by Gasteiger charge is 2.03. The van der Waals surface area contributed by atoms with E-state index in [9.17, 15) is 0 Å². The van der Waals surface area contributed by atoms with Crippen LogP contribution in [0.5, 0.6) is 0 Å². The average molecular weight is 271 g/mol. The Hall–Kier alpha value is -2.14. The van der Waals surface area contributed by atoms with Gasteiger partial charge in [0.05, 0.1) is 6.20 Å². The van der Waals surface area contributed by atoms with Crippen LogP contribution in [-0.2, 0) is 0 Å². The Morgan fingerprint density at radius 2 is 2.05 bits per heavy atom. The molecule has 0 amide bonds. The normalized spacial score (nSPS) is 11.5. The number of para-hydroxylation sites is 2. The number of fused-ring (bicyclic) bond motifs is 1. The van der Waals surface area contributed by atoms with Gasteiger partial charge >= 0.3 is 0 Å². The van der Waals surface area contributed by atoms with Crippen molar-refractivity contribution in [2.45, 2.75) is 0 Å². The number of hydrogen-bond acceptors (Lipinski definition) is 5. The number of benzene rings is 1. The van der Waals surface area contributed by atoms with Crippen molar-refractivity contribution in [1.82, 2.24) is 9.97 Å². The highest BCUT2D eigenvalue weighted by atomic mass is 32.1. The molecule has 0 unspecified atom stereocenters. The smallest absolute Gasteiger partial charge is 0.220 e. The lowest BCUT2D eigenvalue weighted by Gasteiger charge is -2.05. The molecule has 0 N–H and O–H groups in total. The van der Waals surface area contributed by atoms with Gasteiger partial charge < -0.3 is 9.32 Å². The van der Waals surface area contributed by atoms with Crippen molar-refractivity contribution in [3.05, 3.63) is 41.4 Å². The first-order chi connectivity index (χ1) is 9.22. The van der Waals surface area contributed by atoms with Crippen LogP contribution in [0.2, 0.25) is 0 Å². The van der Waals surface area contributed by atoms with Crippen LogP contribution < -0.4 is 4.90 Å². The average Bonchev–Trinajstić information content (AvgIpc) is 3.02. The molecule has 4 nitrogen and oxygen atoms in total. The zero-order valence-corrected chi connectivity index (χ0v) is 11.5. The maximum absolute atomic E-state index is 5.61. The van der Waals surface area contributed by atoms with E-state index in [1.807, 2.05) is 61.6 Å². The van der Waals surface area contributed by atoms with Gasteiger partial charge in [0.1, 0.15) is 15.5 Å². The van der Waals surface area contributed by atoms with Crippen LogP contribution in [0, 0.1) is 0 Å². The number of anilines is 1. The summed E-state index contributed by atoms with van der Waals surface area (Å²) in [6.45, 7) is 0. The molecule has 0 aliphatic heterocycles. The van der Waals surface area contributed by atoms with Crippen LogP contribution in [-0.4, -0.2) is 24.1 Å². The summed E-state index contributed by atoms with van der Waals surface area (Å²) in [5.41, 5.74) is 1.67. The Labute approximate surface area is 115 Å². The molecule has 96 valence electrons. The fourth-order valence-corrected chi connectivity index (χ4v) is 2.41. The van der Waals surface area contributed by atoms with Gasteiger partial charge in [0.2, 0.25) is 5.89 Å². The van der Waals surface area contributed by atoms with Crippen molar-refractivity contribution in [3.63, 3.8) is 0 Å². The predicted octanol–water partition coefficient (Wildman–Crippen LogP) is 3.52. The Kier molecular flexibility index (Phi) is 3.05. The highest BCUT2D eigenvalue weighted by molar-refractivity contribution is 7.16. The van der Waals surface area contributed by atoms with Gasteiger partial charge in [-0.1, -0.05) is 23.5 Å². The second-order valence-corrected chi connectivity index (χ2v) is 5.33. The summed E-state index contributed by atoms with van der Waals surface area (Å²) in [6.07, 6.45) is 5.62. The molecular formula is C14H13N3OS. The number of rotatable bonds is 3. The zero-order chi connectivity index (χ0) is 13.2. The third-order valence-corrected chi connectivity index (χ3v) is 3.76. The molecule has 5 heteroatoms. The molecule has 0 aliphatic carbocycles.